The van der Waals surface area contributed by atoms with E-state index < -0.39 is 17.9 Å². The molecule has 11 nitrogen and oxygen atoms in total. The Morgan fingerprint density at radius 2 is 1.70 bits per heavy atom. The second-order valence-corrected chi connectivity index (χ2v) is 15.5. The third-order valence-corrected chi connectivity index (χ3v) is 11.8. The molecule has 2 aliphatic rings. The van der Waals surface area contributed by atoms with Crippen LogP contribution in [0.25, 0.3) is 0 Å². The third kappa shape index (κ3) is 9.08. The number of likely N-dealkylation sites (tertiary alicyclic amines) is 1. The van der Waals surface area contributed by atoms with Gasteiger partial charge in [0.15, 0.2) is 11.5 Å². The lowest BCUT2D eigenvalue weighted by atomic mass is 9.85. The molecule has 0 spiro atoms. The Hall–Kier alpha value is -3.91. The Morgan fingerprint density at radius 3 is 2.30 bits per heavy atom. The summed E-state index contributed by atoms with van der Waals surface area (Å²) >= 11 is 14.3. The second kappa shape index (κ2) is 17.5. The third-order valence-electron chi connectivity index (χ3n) is 10.1. The molecule has 0 radical (unpaired) electrons. The van der Waals surface area contributed by atoms with Crippen molar-refractivity contribution in [1.29, 1.82) is 0 Å². The van der Waals surface area contributed by atoms with Crippen LogP contribution in [0.5, 0.6) is 11.5 Å². The van der Waals surface area contributed by atoms with E-state index in [9.17, 15) is 19.9 Å². The molecule has 4 aromatic rings. The van der Waals surface area contributed by atoms with Crippen LogP contribution in [0.2, 0.25) is 10.0 Å². The van der Waals surface area contributed by atoms with Gasteiger partial charge in [0.1, 0.15) is 16.1 Å². The van der Waals surface area contributed by atoms with Crippen molar-refractivity contribution in [3.8, 4) is 11.5 Å². The molecule has 2 atom stereocenters. The molecule has 2 aromatic heterocycles. The minimum Gasteiger partial charge on any atom is -0.544 e. The zero-order valence-corrected chi connectivity index (χ0v) is 32.2. The number of ether oxygens (including phenoxy) is 4. The minimum atomic E-state index is -1.34. The first-order valence-electron chi connectivity index (χ1n) is 17.4. The molecule has 1 N–H and O–H groups in total. The number of halogens is 2. The number of methoxy groups -OCH3 is 2. The first-order valence-corrected chi connectivity index (χ1v) is 19.0. The predicted molar refractivity (Wildman–Crippen MR) is 198 cm³/mol. The average Bonchev–Trinajstić information content (AvgIpc) is 3.54. The van der Waals surface area contributed by atoms with Gasteiger partial charge in [-0.25, -0.2) is 4.79 Å². The monoisotopic (exact) mass is 783 g/mol. The highest BCUT2D eigenvalue weighted by atomic mass is 35.5. The fraction of sp³-hybridized carbons (Fsp3) is 0.410. The number of benzene rings is 2. The second-order valence-electron chi connectivity index (χ2n) is 13.5. The zero-order chi connectivity index (χ0) is 37.6. The van der Waals surface area contributed by atoms with Gasteiger partial charge < -0.3 is 33.7 Å². The van der Waals surface area contributed by atoms with Crippen LogP contribution in [0.4, 0.5) is 0 Å². The van der Waals surface area contributed by atoms with Crippen molar-refractivity contribution in [3.05, 3.63) is 109 Å². The van der Waals surface area contributed by atoms with Gasteiger partial charge in [0.05, 0.1) is 50.9 Å². The molecule has 0 amide bonds. The molecule has 2 aromatic carbocycles. The number of carboxylic acid groups (broad SMARTS) is 1. The van der Waals surface area contributed by atoms with Gasteiger partial charge in [-0.3, -0.25) is 10.1 Å². The SMILES string of the molecule is COc1ccc([C@H](Cc2c(Cl)c[n+](O)cc2Cl)c2cc(CN(C3COC3)C(C(=O)OCC3CCN(C)CC3)c3ccccc3)sc2C(=O)[O-])cc1OC. The number of hydrogen-bond donors (Lipinski definition) is 1. The van der Waals surface area contributed by atoms with Crippen LogP contribution in [0.3, 0.4) is 0 Å². The topological polar surface area (TPSA) is 125 Å². The van der Waals surface area contributed by atoms with Crippen molar-refractivity contribution in [2.24, 2.45) is 5.92 Å². The number of pyridine rings is 1. The quantitative estimate of drug-likeness (QED) is 0.0983. The van der Waals surface area contributed by atoms with Crippen LogP contribution < -0.4 is 19.3 Å². The van der Waals surface area contributed by atoms with Gasteiger partial charge >= 0.3 is 5.97 Å². The highest BCUT2D eigenvalue weighted by molar-refractivity contribution is 7.14. The smallest absolute Gasteiger partial charge is 0.328 e. The Kier molecular flexibility index (Phi) is 12.8. The number of nitrogens with zero attached hydrogens (tertiary/aromatic N) is 3. The lowest BCUT2D eigenvalue weighted by molar-refractivity contribution is -0.904. The van der Waals surface area contributed by atoms with Crippen LogP contribution in [-0.2, 0) is 27.2 Å². The summed E-state index contributed by atoms with van der Waals surface area (Å²) in [6.45, 7) is 3.36. The number of piperidine rings is 1. The van der Waals surface area contributed by atoms with E-state index >= 15 is 0 Å². The Morgan fingerprint density at radius 1 is 1.02 bits per heavy atom. The summed E-state index contributed by atoms with van der Waals surface area (Å²) in [6, 6.07) is 15.9. The molecule has 0 aliphatic carbocycles. The summed E-state index contributed by atoms with van der Waals surface area (Å²) in [5.74, 6) is -1.03. The van der Waals surface area contributed by atoms with Crippen molar-refractivity contribution in [1.82, 2.24) is 9.80 Å². The number of hydrogen-bond acceptors (Lipinski definition) is 11. The van der Waals surface area contributed by atoms with Gasteiger partial charge in [0.2, 0.25) is 12.4 Å². The number of rotatable bonds is 15. The summed E-state index contributed by atoms with van der Waals surface area (Å²) in [5.41, 5.74) is 2.49. The normalized spacial score (nSPS) is 16.6. The van der Waals surface area contributed by atoms with E-state index in [1.807, 2.05) is 42.5 Å². The fourth-order valence-corrected chi connectivity index (χ4v) is 8.67. The predicted octanol–water partition coefficient (Wildman–Crippen LogP) is 5.16. The van der Waals surface area contributed by atoms with E-state index in [0.29, 0.717) is 58.8 Å². The fourth-order valence-electron chi connectivity index (χ4n) is 7.00. The summed E-state index contributed by atoms with van der Waals surface area (Å²) < 4.78 is 23.5. The molecule has 14 heteroatoms. The molecule has 2 aliphatic heterocycles. The summed E-state index contributed by atoms with van der Waals surface area (Å²) in [4.78, 5) is 32.1. The molecule has 2 fully saturated rings. The molecule has 53 heavy (non-hydrogen) atoms. The van der Waals surface area contributed by atoms with Gasteiger partial charge in [-0.2, -0.15) is 0 Å². The van der Waals surface area contributed by atoms with Crippen LogP contribution in [0, 0.1) is 5.92 Å². The van der Waals surface area contributed by atoms with Gasteiger partial charge in [-0.1, -0.05) is 59.6 Å². The Labute approximate surface area is 323 Å². The number of thiophene rings is 1. The van der Waals surface area contributed by atoms with Crippen molar-refractivity contribution in [3.63, 3.8) is 0 Å². The van der Waals surface area contributed by atoms with Crippen molar-refractivity contribution in [2.45, 2.75) is 43.8 Å². The van der Waals surface area contributed by atoms with Gasteiger partial charge in [0, 0.05) is 27.6 Å². The number of aromatic nitrogens is 1. The maximum Gasteiger partial charge on any atom is 0.328 e. The lowest BCUT2D eigenvalue weighted by Gasteiger charge is -2.41. The van der Waals surface area contributed by atoms with Crippen molar-refractivity contribution >= 4 is 46.5 Å². The number of carbonyl (C=O) groups is 2. The number of aromatic carboxylic acids is 1. The largest absolute Gasteiger partial charge is 0.544 e. The molecule has 1 unspecified atom stereocenters. The Balaban J connectivity index is 1.38. The van der Waals surface area contributed by atoms with Crippen molar-refractivity contribution < 1.29 is 43.6 Å². The molecule has 0 bridgehead atoms. The van der Waals surface area contributed by atoms with Crippen LogP contribution in [-0.4, -0.2) is 87.2 Å². The molecular formula is C39H43Cl2N3O8S. The molecular weight excluding hydrogens is 741 g/mol. The average molecular weight is 785 g/mol. The molecule has 0 saturated carbocycles. The highest BCUT2D eigenvalue weighted by Crippen LogP contribution is 2.42. The maximum absolute atomic E-state index is 14.1. The minimum absolute atomic E-state index is 0.0334. The van der Waals surface area contributed by atoms with E-state index in [-0.39, 0.29) is 39.9 Å². The van der Waals surface area contributed by atoms with Crippen LogP contribution >= 0.6 is 34.5 Å². The number of carbonyl (C=O) groups excluding carboxylic acids is 2. The summed E-state index contributed by atoms with van der Waals surface area (Å²) in [5, 5.41) is 23.3. The van der Waals surface area contributed by atoms with Crippen LogP contribution in [0.1, 0.15) is 61.6 Å². The van der Waals surface area contributed by atoms with Gasteiger partial charge in [-0.05, 0) is 80.2 Å². The van der Waals surface area contributed by atoms with Crippen LogP contribution in [0.15, 0.2) is 67.0 Å². The van der Waals surface area contributed by atoms with Gasteiger partial charge in [-0.15, -0.1) is 11.3 Å². The molecule has 6 rings (SSSR count). The molecule has 282 valence electrons. The maximum atomic E-state index is 14.1. The summed E-state index contributed by atoms with van der Waals surface area (Å²) in [6.07, 6.45) is 4.75. The van der Waals surface area contributed by atoms with Gasteiger partial charge in [0.25, 0.3) is 0 Å². The standard InChI is InChI=1S/C39H43Cl2N3O8S/c1-42-13-11-24(12-14-42)21-52-39(47)36(25-7-5-4-6-8-25)44(27-22-51-23-27)18-28-16-30(37(53-28)38(45)46)29(17-31-32(40)19-43(48)20-33(31)41)26-9-10-34(49-2)35(15-26)50-3/h4-10,15-16,19-20,24,27,29,36H,11-14,17-18,21-23H2,1-3H3,(H-,45,46,48)/t29-,36?/m0/s1. The van der Waals surface area contributed by atoms with E-state index in [0.717, 1.165) is 47.6 Å². The number of esters is 1. The highest BCUT2D eigenvalue weighted by Gasteiger charge is 2.38. The first-order chi connectivity index (χ1) is 25.6. The summed E-state index contributed by atoms with van der Waals surface area (Å²) in [7, 11) is 5.16. The Bertz CT molecular complexity index is 1880. The van der Waals surface area contributed by atoms with E-state index in [1.165, 1.54) is 26.6 Å². The van der Waals surface area contributed by atoms with Crippen molar-refractivity contribution in [2.75, 3.05) is 54.2 Å². The molecule has 2 saturated heterocycles. The van der Waals surface area contributed by atoms with E-state index in [2.05, 4.69) is 16.8 Å². The van der Waals surface area contributed by atoms with E-state index in [1.54, 1.807) is 12.1 Å². The zero-order valence-electron chi connectivity index (χ0n) is 29.8. The van der Waals surface area contributed by atoms with E-state index in [4.69, 9.17) is 42.1 Å². The lowest BCUT2D eigenvalue weighted by Crippen LogP contribution is -2.52. The molecule has 4 heterocycles. The number of carboxylic acids is 1. The first kappa shape index (κ1) is 38.8.